The first-order valence-corrected chi connectivity index (χ1v) is 10.7. The van der Waals surface area contributed by atoms with Gasteiger partial charge < -0.3 is 14.8 Å². The van der Waals surface area contributed by atoms with Gasteiger partial charge >= 0.3 is 0 Å². The van der Waals surface area contributed by atoms with Crippen LogP contribution in [0.5, 0.6) is 11.5 Å². The summed E-state index contributed by atoms with van der Waals surface area (Å²) in [6, 6.07) is 20.9. The molecule has 0 atom stereocenters. The lowest BCUT2D eigenvalue weighted by atomic mass is 10.0. The molecule has 1 aliphatic heterocycles. The summed E-state index contributed by atoms with van der Waals surface area (Å²) in [6.07, 6.45) is 0. The highest BCUT2D eigenvalue weighted by Gasteiger charge is 2.40. The predicted octanol–water partition coefficient (Wildman–Crippen LogP) is 4.67. The minimum absolute atomic E-state index is 0.141. The van der Waals surface area contributed by atoms with Crippen LogP contribution in [0.3, 0.4) is 0 Å². The highest BCUT2D eigenvalue weighted by atomic mass is 16.5. The minimum atomic E-state index is -0.498. The zero-order valence-corrected chi connectivity index (χ0v) is 19.1. The summed E-state index contributed by atoms with van der Waals surface area (Å²) in [5.74, 6) is 0.249. The first-order chi connectivity index (χ1) is 16.5. The number of amides is 2. The van der Waals surface area contributed by atoms with E-state index in [0.29, 0.717) is 40.6 Å². The number of anilines is 2. The molecule has 7 heteroatoms. The Morgan fingerprint density at radius 1 is 0.971 bits per heavy atom. The normalized spacial score (nSPS) is 13.2. The Morgan fingerprint density at radius 3 is 2.29 bits per heavy atom. The van der Waals surface area contributed by atoms with E-state index in [4.69, 9.17) is 14.7 Å². The van der Waals surface area contributed by atoms with Crippen molar-refractivity contribution in [3.05, 3.63) is 89.1 Å². The van der Waals surface area contributed by atoms with Gasteiger partial charge in [0.05, 0.1) is 42.3 Å². The van der Waals surface area contributed by atoms with Crippen LogP contribution < -0.4 is 19.7 Å². The third-order valence-corrected chi connectivity index (χ3v) is 5.41. The molecule has 0 unspecified atom stereocenters. The number of aryl methyl sites for hydroxylation is 1. The van der Waals surface area contributed by atoms with Crippen molar-refractivity contribution >= 4 is 28.8 Å². The fourth-order valence-electron chi connectivity index (χ4n) is 3.77. The molecule has 0 saturated carbocycles. The summed E-state index contributed by atoms with van der Waals surface area (Å²) in [5.41, 5.74) is 3.31. The molecule has 0 spiro atoms. The van der Waals surface area contributed by atoms with Crippen molar-refractivity contribution in [1.29, 1.82) is 5.26 Å². The molecule has 4 rings (SSSR count). The molecular formula is C27H23N3O4. The van der Waals surface area contributed by atoms with E-state index in [1.165, 1.54) is 0 Å². The Labute approximate surface area is 197 Å². The van der Waals surface area contributed by atoms with E-state index in [1.807, 2.05) is 32.0 Å². The van der Waals surface area contributed by atoms with Crippen LogP contribution >= 0.6 is 0 Å². The number of nitriles is 1. The average Bonchev–Trinajstić information content (AvgIpc) is 3.09. The van der Waals surface area contributed by atoms with Gasteiger partial charge in [0.25, 0.3) is 11.8 Å². The van der Waals surface area contributed by atoms with Gasteiger partial charge in [0.15, 0.2) is 0 Å². The summed E-state index contributed by atoms with van der Waals surface area (Å²) in [5, 5.41) is 12.2. The lowest BCUT2D eigenvalue weighted by Crippen LogP contribution is -2.32. The molecule has 0 aliphatic carbocycles. The Bertz CT molecular complexity index is 1320. The Hall–Kier alpha value is -4.57. The fraction of sp³-hybridized carbons (Fsp3) is 0.148. The number of methoxy groups -OCH3 is 1. The monoisotopic (exact) mass is 453 g/mol. The van der Waals surface area contributed by atoms with E-state index in [1.54, 1.807) is 61.7 Å². The first-order valence-electron chi connectivity index (χ1n) is 10.7. The lowest BCUT2D eigenvalue weighted by Gasteiger charge is -2.16. The van der Waals surface area contributed by atoms with Crippen LogP contribution in [0.1, 0.15) is 23.6 Å². The maximum atomic E-state index is 13.6. The summed E-state index contributed by atoms with van der Waals surface area (Å²) in [6.45, 7) is 4.34. The zero-order valence-electron chi connectivity index (χ0n) is 19.1. The van der Waals surface area contributed by atoms with Gasteiger partial charge in [0.1, 0.15) is 17.2 Å². The van der Waals surface area contributed by atoms with E-state index in [-0.39, 0.29) is 11.3 Å². The molecule has 0 bridgehead atoms. The van der Waals surface area contributed by atoms with E-state index in [2.05, 4.69) is 5.32 Å². The molecule has 170 valence electrons. The second-order valence-electron chi connectivity index (χ2n) is 7.64. The van der Waals surface area contributed by atoms with Crippen LogP contribution in [0, 0.1) is 18.3 Å². The largest absolute Gasteiger partial charge is 0.495 e. The number of carbonyl (C=O) groups is 2. The van der Waals surface area contributed by atoms with E-state index in [9.17, 15) is 9.59 Å². The van der Waals surface area contributed by atoms with Crippen molar-refractivity contribution in [1.82, 2.24) is 0 Å². The number of carbonyl (C=O) groups excluding carboxylic acids is 2. The van der Waals surface area contributed by atoms with Gasteiger partial charge in [-0.1, -0.05) is 18.2 Å². The molecular weight excluding hydrogens is 430 g/mol. The van der Waals surface area contributed by atoms with Crippen molar-refractivity contribution < 1.29 is 19.1 Å². The maximum Gasteiger partial charge on any atom is 0.282 e. The molecule has 0 fully saturated rings. The number of imide groups is 1. The summed E-state index contributed by atoms with van der Waals surface area (Å²) in [4.78, 5) is 28.3. The van der Waals surface area contributed by atoms with Gasteiger partial charge in [0.2, 0.25) is 0 Å². The van der Waals surface area contributed by atoms with Crippen molar-refractivity contribution in [2.24, 2.45) is 0 Å². The quantitative estimate of drug-likeness (QED) is 0.523. The molecule has 1 N–H and O–H groups in total. The lowest BCUT2D eigenvalue weighted by molar-refractivity contribution is -0.120. The Balaban J connectivity index is 1.82. The summed E-state index contributed by atoms with van der Waals surface area (Å²) in [7, 11) is 1.54. The standard InChI is InChI=1S/C27H23N3O4/c1-4-34-21-12-8-19(9-13-21)24-25(29-22-15-17(2)5-14-23(22)33-3)27(32)30(26(24)31)20-10-6-18(16-28)7-11-20/h5-15,29H,4H2,1-3H3. The van der Waals surface area contributed by atoms with E-state index < -0.39 is 11.8 Å². The number of ether oxygens (including phenoxy) is 2. The van der Waals surface area contributed by atoms with Crippen LogP contribution in [0.2, 0.25) is 0 Å². The molecule has 0 aromatic heterocycles. The van der Waals surface area contributed by atoms with Crippen molar-refractivity contribution in [3.63, 3.8) is 0 Å². The average molecular weight is 453 g/mol. The number of rotatable bonds is 7. The van der Waals surface area contributed by atoms with Crippen molar-refractivity contribution in [2.75, 3.05) is 23.9 Å². The fourth-order valence-corrected chi connectivity index (χ4v) is 3.77. The molecule has 2 amide bonds. The second kappa shape index (κ2) is 9.51. The molecule has 7 nitrogen and oxygen atoms in total. The minimum Gasteiger partial charge on any atom is -0.495 e. The first kappa shape index (κ1) is 22.6. The molecule has 34 heavy (non-hydrogen) atoms. The van der Waals surface area contributed by atoms with E-state index >= 15 is 0 Å². The van der Waals surface area contributed by atoms with Crippen LogP contribution in [0.25, 0.3) is 5.57 Å². The van der Waals surface area contributed by atoms with Gasteiger partial charge in [-0.3, -0.25) is 9.59 Å². The molecule has 1 heterocycles. The SMILES string of the molecule is CCOc1ccc(C2=C(Nc3cc(C)ccc3OC)C(=O)N(c3ccc(C#N)cc3)C2=O)cc1. The number of hydrogen-bond acceptors (Lipinski definition) is 6. The third kappa shape index (κ3) is 4.21. The molecule has 1 aliphatic rings. The van der Waals surface area contributed by atoms with Gasteiger partial charge in [-0.2, -0.15) is 5.26 Å². The number of hydrogen-bond donors (Lipinski definition) is 1. The predicted molar refractivity (Wildman–Crippen MR) is 130 cm³/mol. The van der Waals surface area contributed by atoms with Crippen molar-refractivity contribution in [3.8, 4) is 17.6 Å². The van der Waals surface area contributed by atoms with Gasteiger partial charge in [-0.25, -0.2) is 4.90 Å². The third-order valence-electron chi connectivity index (χ3n) is 5.41. The van der Waals surface area contributed by atoms with Gasteiger partial charge in [-0.15, -0.1) is 0 Å². The molecule has 0 radical (unpaired) electrons. The summed E-state index contributed by atoms with van der Waals surface area (Å²) < 4.78 is 11.0. The number of nitrogens with one attached hydrogen (secondary N) is 1. The van der Waals surface area contributed by atoms with Crippen LogP contribution in [0.4, 0.5) is 11.4 Å². The highest BCUT2D eigenvalue weighted by Crippen LogP contribution is 2.36. The smallest absolute Gasteiger partial charge is 0.282 e. The van der Waals surface area contributed by atoms with Crippen LogP contribution in [0.15, 0.2) is 72.4 Å². The topological polar surface area (TPSA) is 91.7 Å². The molecule has 3 aromatic rings. The molecule has 0 saturated heterocycles. The summed E-state index contributed by atoms with van der Waals surface area (Å²) >= 11 is 0. The number of benzene rings is 3. The van der Waals surface area contributed by atoms with Gasteiger partial charge in [0, 0.05) is 0 Å². The Kier molecular flexibility index (Phi) is 6.33. The number of nitrogens with zero attached hydrogens (tertiary/aromatic N) is 2. The maximum absolute atomic E-state index is 13.6. The van der Waals surface area contributed by atoms with Crippen molar-refractivity contribution in [2.45, 2.75) is 13.8 Å². The highest BCUT2D eigenvalue weighted by molar-refractivity contribution is 6.46. The van der Waals surface area contributed by atoms with E-state index in [0.717, 1.165) is 10.5 Å². The van der Waals surface area contributed by atoms with Crippen LogP contribution in [-0.2, 0) is 9.59 Å². The Morgan fingerprint density at radius 2 is 1.68 bits per heavy atom. The molecule has 3 aromatic carbocycles. The van der Waals surface area contributed by atoms with Crippen LogP contribution in [-0.4, -0.2) is 25.5 Å². The van der Waals surface area contributed by atoms with Gasteiger partial charge in [-0.05, 0) is 73.5 Å². The zero-order chi connectivity index (χ0) is 24.2. The second-order valence-corrected chi connectivity index (χ2v) is 7.64.